The Kier molecular flexibility index (Phi) is 32.4. The van der Waals surface area contributed by atoms with Gasteiger partial charge < -0.3 is 29.3 Å². The average Bonchev–Trinajstić information content (AvgIpc) is 3.26. The number of hydrogen-bond acceptors (Lipinski definition) is 9. The van der Waals surface area contributed by atoms with Crippen LogP contribution < -0.4 is 5.32 Å². The van der Waals surface area contributed by atoms with E-state index in [4.69, 9.17) is 14.2 Å². The summed E-state index contributed by atoms with van der Waals surface area (Å²) in [5.74, 6) is 3.29. The Labute approximate surface area is 390 Å². The molecule has 0 saturated carbocycles. The van der Waals surface area contributed by atoms with Gasteiger partial charge in [-0.1, -0.05) is 89.5 Å². The molecule has 0 spiro atoms. The van der Waals surface area contributed by atoms with Crippen molar-refractivity contribution >= 4 is 17.7 Å². The highest BCUT2D eigenvalue weighted by Crippen LogP contribution is 2.16. The zero-order valence-electron chi connectivity index (χ0n) is 43.6. The van der Waals surface area contributed by atoms with Crippen molar-refractivity contribution in [3.05, 3.63) is 0 Å². The second-order valence-corrected chi connectivity index (χ2v) is 20.4. The molecule has 0 aromatic heterocycles. The highest BCUT2D eigenvalue weighted by molar-refractivity contribution is 5.78. The van der Waals surface area contributed by atoms with Crippen LogP contribution in [-0.4, -0.2) is 173 Å². The molecule has 3 amide bonds. The zero-order valence-corrected chi connectivity index (χ0v) is 43.6. The molecule has 1 N–H and O–H groups in total. The van der Waals surface area contributed by atoms with Gasteiger partial charge in [-0.3, -0.25) is 29.1 Å². The van der Waals surface area contributed by atoms with Crippen molar-refractivity contribution in [1.29, 1.82) is 0 Å². The fourth-order valence-corrected chi connectivity index (χ4v) is 8.04. The van der Waals surface area contributed by atoms with Crippen LogP contribution in [0.4, 0.5) is 0 Å². The van der Waals surface area contributed by atoms with Gasteiger partial charge in [0.2, 0.25) is 17.7 Å². The van der Waals surface area contributed by atoms with Gasteiger partial charge in [-0.05, 0) is 95.2 Å². The summed E-state index contributed by atoms with van der Waals surface area (Å²) in [5, 5.41) is 2.97. The van der Waals surface area contributed by atoms with Crippen molar-refractivity contribution in [3.8, 4) is 0 Å². The third-order valence-corrected chi connectivity index (χ3v) is 13.2. The van der Waals surface area contributed by atoms with E-state index in [-0.39, 0.29) is 55.2 Å². The van der Waals surface area contributed by atoms with Crippen molar-refractivity contribution < 1.29 is 30.0 Å². The molecule has 3 unspecified atom stereocenters. The molecular formula is C51H104N6O6. The summed E-state index contributed by atoms with van der Waals surface area (Å²) < 4.78 is 17.4. The number of likely N-dealkylation sites (N-methyl/N-ethyl adjacent to an activating group) is 1. The highest BCUT2D eigenvalue weighted by atomic mass is 16.5. The maximum Gasteiger partial charge on any atom is 0.225 e. The fraction of sp³-hybridized carbons (Fsp3) is 0.941. The molecule has 3 fully saturated rings. The first kappa shape index (κ1) is 59.2. The van der Waals surface area contributed by atoms with E-state index in [2.05, 4.69) is 75.4 Å². The molecule has 3 aliphatic heterocycles. The lowest BCUT2D eigenvalue weighted by Crippen LogP contribution is -2.48. The Morgan fingerprint density at radius 1 is 0.603 bits per heavy atom. The monoisotopic (exact) mass is 897 g/mol. The van der Waals surface area contributed by atoms with Gasteiger partial charge in [-0.25, -0.2) is 0 Å². The van der Waals surface area contributed by atoms with Gasteiger partial charge >= 0.3 is 0 Å². The smallest absolute Gasteiger partial charge is 0.225 e. The lowest BCUT2D eigenvalue weighted by Gasteiger charge is -2.35. The number of carbonyl (C=O) groups excluding carboxylic acids is 3. The van der Waals surface area contributed by atoms with E-state index >= 15 is 0 Å². The summed E-state index contributed by atoms with van der Waals surface area (Å²) in [7, 11) is 3.81. The number of carbonyl (C=O) groups is 3. The average molecular weight is 897 g/mol. The molecule has 0 radical (unpaired) electrons. The lowest BCUT2D eigenvalue weighted by atomic mass is 10.0. The van der Waals surface area contributed by atoms with Crippen molar-refractivity contribution in [3.63, 3.8) is 0 Å². The number of nitrogens with zero attached hydrogens (tertiary/aromatic N) is 5. The molecule has 3 rings (SSSR count). The van der Waals surface area contributed by atoms with Gasteiger partial charge in [0, 0.05) is 92.2 Å². The normalized spacial score (nSPS) is 21.5. The Morgan fingerprint density at radius 2 is 1.03 bits per heavy atom. The third-order valence-electron chi connectivity index (χ3n) is 13.2. The predicted molar refractivity (Wildman–Crippen MR) is 264 cm³/mol. The van der Waals surface area contributed by atoms with Crippen molar-refractivity contribution in [2.45, 2.75) is 166 Å². The topological polar surface area (TPSA) is 107 Å². The Hall–Kier alpha value is -1.83. The van der Waals surface area contributed by atoms with Crippen LogP contribution >= 0.6 is 0 Å². The van der Waals surface area contributed by atoms with Gasteiger partial charge in [-0.15, -0.1) is 0 Å². The van der Waals surface area contributed by atoms with E-state index in [1.807, 2.05) is 51.6 Å². The maximum atomic E-state index is 12.1. The van der Waals surface area contributed by atoms with E-state index in [0.29, 0.717) is 13.1 Å². The number of nitrogens with one attached hydrogen (secondary N) is 1. The minimum absolute atomic E-state index is 0. The van der Waals surface area contributed by atoms with Crippen LogP contribution in [0.25, 0.3) is 0 Å². The molecule has 374 valence electrons. The van der Waals surface area contributed by atoms with Crippen LogP contribution in [0.3, 0.4) is 0 Å². The largest absolute Gasteiger partial charge is 0.375 e. The molecule has 12 nitrogen and oxygen atoms in total. The quantitative estimate of drug-likeness (QED) is 0.0972. The SMILES string of the molecule is CCC(C)C(=O)N(C)CC[C@@H]1CN(CCCC(C)C)CCO1.CCC(C)C(=O)N(C)C[C@@H]1CN(CCCC(C)C)CCO1.CCC(C)CCCN1CCO[C@H](CNC(=O)C(C)C)C1.[HH]. The predicted octanol–water partition coefficient (Wildman–Crippen LogP) is 8.18. The highest BCUT2D eigenvalue weighted by Gasteiger charge is 2.26. The van der Waals surface area contributed by atoms with Gasteiger partial charge in [0.1, 0.15) is 0 Å². The van der Waals surface area contributed by atoms with Gasteiger partial charge in [0.15, 0.2) is 0 Å². The van der Waals surface area contributed by atoms with Crippen LogP contribution in [0.15, 0.2) is 0 Å². The minimum atomic E-state index is 0. The third kappa shape index (κ3) is 27.4. The van der Waals surface area contributed by atoms with Gasteiger partial charge in [0.25, 0.3) is 0 Å². The summed E-state index contributed by atoms with van der Waals surface area (Å²) in [6, 6.07) is 0. The molecule has 0 aromatic carbocycles. The molecule has 0 aromatic rings. The molecule has 0 bridgehead atoms. The van der Waals surface area contributed by atoms with Crippen molar-refractivity contribution in [2.24, 2.45) is 35.5 Å². The molecule has 3 aliphatic rings. The molecule has 12 heteroatoms. The first-order chi connectivity index (χ1) is 29.9. The molecule has 3 heterocycles. The number of ether oxygens (including phenoxy) is 3. The first-order valence-corrected chi connectivity index (χ1v) is 25.7. The van der Waals surface area contributed by atoms with Crippen molar-refractivity contribution in [1.82, 2.24) is 29.8 Å². The fourth-order valence-electron chi connectivity index (χ4n) is 8.04. The Bertz CT molecular complexity index is 1200. The summed E-state index contributed by atoms with van der Waals surface area (Å²) in [5.41, 5.74) is 0. The van der Waals surface area contributed by atoms with E-state index in [9.17, 15) is 14.4 Å². The first-order valence-electron chi connectivity index (χ1n) is 25.7. The summed E-state index contributed by atoms with van der Waals surface area (Å²) in [6.07, 6.45) is 12.3. The van der Waals surface area contributed by atoms with Crippen molar-refractivity contribution in [2.75, 3.05) is 112 Å². The van der Waals surface area contributed by atoms with Crippen LogP contribution in [0.5, 0.6) is 0 Å². The van der Waals surface area contributed by atoms with E-state index < -0.39 is 0 Å². The maximum absolute atomic E-state index is 12.1. The Morgan fingerprint density at radius 3 is 1.49 bits per heavy atom. The Balaban J connectivity index is 0.000000924. The van der Waals surface area contributed by atoms with Crippen LogP contribution in [0.2, 0.25) is 0 Å². The van der Waals surface area contributed by atoms with Gasteiger partial charge in [0.05, 0.1) is 38.1 Å². The van der Waals surface area contributed by atoms with E-state index in [1.54, 1.807) is 0 Å². The standard InChI is InChI=1S/C18H36N2O2.C17H34N2O2.C16H32N2O2.H2/c1-6-16(4)18(21)19(5)11-9-17-14-20(12-13-22-17)10-7-8-15(2)3;1-6-15(4)17(20)18(5)12-16-13-19(10-11-21-16)9-7-8-14(2)3;1-5-14(4)7-6-8-18-9-10-20-15(12-18)11-17-16(19)13(2)3;/h15-17H,6-14H2,1-5H3;14-16H,6-13H2,1-5H3;13-15H,5-12H2,1-4H3,(H,17,19);1H/t16?,17-;15?,16-;14?,15-;/m111./s1. The molecule has 0 aliphatic carbocycles. The molecular weight excluding hydrogens is 793 g/mol. The molecule has 6 atom stereocenters. The summed E-state index contributed by atoms with van der Waals surface area (Å²) in [4.78, 5) is 47.0. The summed E-state index contributed by atoms with van der Waals surface area (Å²) >= 11 is 0. The summed E-state index contributed by atoms with van der Waals surface area (Å²) in [6.45, 7) is 39.7. The molecule has 3 saturated heterocycles. The second kappa shape index (κ2) is 34.5. The number of amides is 3. The van der Waals surface area contributed by atoms with Crippen LogP contribution in [0, 0.1) is 35.5 Å². The lowest BCUT2D eigenvalue weighted by molar-refractivity contribution is -0.137. The zero-order chi connectivity index (χ0) is 47.3. The number of rotatable bonds is 25. The number of morpholine rings is 3. The van der Waals surface area contributed by atoms with E-state index in [0.717, 1.165) is 116 Å². The van der Waals surface area contributed by atoms with Crippen LogP contribution in [0.1, 0.15) is 149 Å². The van der Waals surface area contributed by atoms with Gasteiger partial charge in [-0.2, -0.15) is 0 Å². The van der Waals surface area contributed by atoms with Crippen LogP contribution in [-0.2, 0) is 28.6 Å². The molecule has 63 heavy (non-hydrogen) atoms. The number of hydrogen-bond donors (Lipinski definition) is 1. The second-order valence-electron chi connectivity index (χ2n) is 20.4. The minimum Gasteiger partial charge on any atom is -0.375 e. The van der Waals surface area contributed by atoms with E-state index in [1.165, 1.54) is 51.5 Å².